The molecule has 82 valence electrons. The van der Waals surface area contributed by atoms with Crippen molar-refractivity contribution in [3.8, 4) is 0 Å². The molecule has 2 rings (SSSR count). The van der Waals surface area contributed by atoms with Gasteiger partial charge < -0.3 is 5.32 Å². The SMILES string of the molecule is Cc1cc(C)c(CN2CCNC2)c(C)c1. The summed E-state index contributed by atoms with van der Waals surface area (Å²) < 4.78 is 0. The van der Waals surface area contributed by atoms with Crippen molar-refractivity contribution in [3.63, 3.8) is 0 Å². The summed E-state index contributed by atoms with van der Waals surface area (Å²) in [6.07, 6.45) is 0. The minimum absolute atomic E-state index is 1.03. The third-order valence-corrected chi connectivity index (χ3v) is 3.16. The molecule has 1 fully saturated rings. The highest BCUT2D eigenvalue weighted by molar-refractivity contribution is 5.37. The Morgan fingerprint density at radius 1 is 1.20 bits per heavy atom. The van der Waals surface area contributed by atoms with Crippen LogP contribution in [0.3, 0.4) is 0 Å². The number of benzene rings is 1. The van der Waals surface area contributed by atoms with Crippen molar-refractivity contribution in [3.05, 3.63) is 34.4 Å². The third kappa shape index (κ3) is 2.39. The lowest BCUT2D eigenvalue weighted by Crippen LogP contribution is -2.22. The van der Waals surface area contributed by atoms with E-state index in [4.69, 9.17) is 0 Å². The van der Waals surface area contributed by atoms with Crippen LogP contribution in [-0.2, 0) is 6.54 Å². The van der Waals surface area contributed by atoms with Gasteiger partial charge in [-0.2, -0.15) is 0 Å². The number of rotatable bonds is 2. The molecule has 1 saturated heterocycles. The Balaban J connectivity index is 2.19. The monoisotopic (exact) mass is 204 g/mol. The number of nitrogens with zero attached hydrogens (tertiary/aromatic N) is 1. The molecular weight excluding hydrogens is 184 g/mol. The van der Waals surface area contributed by atoms with Gasteiger partial charge in [0.15, 0.2) is 0 Å². The molecule has 1 aliphatic rings. The molecule has 1 aliphatic heterocycles. The van der Waals surface area contributed by atoms with Gasteiger partial charge >= 0.3 is 0 Å². The van der Waals surface area contributed by atoms with Gasteiger partial charge in [0.2, 0.25) is 0 Å². The van der Waals surface area contributed by atoms with E-state index in [1.165, 1.54) is 28.8 Å². The Bertz CT molecular complexity index is 329. The standard InChI is InChI=1S/C13H20N2/c1-10-6-11(2)13(12(3)7-10)8-15-5-4-14-9-15/h6-7,14H,4-5,8-9H2,1-3H3. The minimum Gasteiger partial charge on any atom is -0.303 e. The molecule has 0 saturated carbocycles. The zero-order chi connectivity index (χ0) is 10.8. The molecule has 0 unspecified atom stereocenters. The van der Waals surface area contributed by atoms with Gasteiger partial charge in [-0.1, -0.05) is 17.7 Å². The second kappa shape index (κ2) is 4.33. The number of hydrogen-bond acceptors (Lipinski definition) is 2. The molecule has 0 aromatic heterocycles. The van der Waals surface area contributed by atoms with Crippen LogP contribution in [-0.4, -0.2) is 24.7 Å². The summed E-state index contributed by atoms with van der Waals surface area (Å²) in [7, 11) is 0. The second-order valence-corrected chi connectivity index (χ2v) is 4.59. The molecule has 15 heavy (non-hydrogen) atoms. The van der Waals surface area contributed by atoms with Crippen molar-refractivity contribution < 1.29 is 0 Å². The maximum Gasteiger partial charge on any atom is 0.0484 e. The van der Waals surface area contributed by atoms with Gasteiger partial charge in [0.1, 0.15) is 0 Å². The average molecular weight is 204 g/mol. The van der Waals surface area contributed by atoms with Crippen molar-refractivity contribution in [2.75, 3.05) is 19.8 Å². The van der Waals surface area contributed by atoms with Gasteiger partial charge in [0.25, 0.3) is 0 Å². The van der Waals surface area contributed by atoms with Crippen molar-refractivity contribution in [2.24, 2.45) is 0 Å². The van der Waals surface area contributed by atoms with Gasteiger partial charge in [-0.15, -0.1) is 0 Å². The van der Waals surface area contributed by atoms with Crippen LogP contribution >= 0.6 is 0 Å². The predicted molar refractivity (Wildman–Crippen MR) is 63.9 cm³/mol. The van der Waals surface area contributed by atoms with E-state index in [0.717, 1.165) is 19.8 Å². The van der Waals surface area contributed by atoms with Gasteiger partial charge in [-0.05, 0) is 37.5 Å². The highest BCUT2D eigenvalue weighted by Crippen LogP contribution is 2.18. The first-order chi connectivity index (χ1) is 7.16. The van der Waals surface area contributed by atoms with Gasteiger partial charge in [0.05, 0.1) is 0 Å². The van der Waals surface area contributed by atoms with Gasteiger partial charge in [0, 0.05) is 26.3 Å². The van der Waals surface area contributed by atoms with Crippen LogP contribution in [0.5, 0.6) is 0 Å². The molecule has 0 radical (unpaired) electrons. The smallest absolute Gasteiger partial charge is 0.0484 e. The summed E-state index contributed by atoms with van der Waals surface area (Å²) in [5.74, 6) is 0. The molecule has 1 heterocycles. The summed E-state index contributed by atoms with van der Waals surface area (Å²) in [6.45, 7) is 11.0. The van der Waals surface area contributed by atoms with E-state index < -0.39 is 0 Å². The fourth-order valence-electron chi connectivity index (χ4n) is 2.37. The maximum absolute atomic E-state index is 3.37. The molecule has 0 amide bonds. The number of aryl methyl sites for hydroxylation is 3. The molecule has 0 atom stereocenters. The van der Waals surface area contributed by atoms with Crippen LogP contribution in [0.2, 0.25) is 0 Å². The normalized spacial score (nSPS) is 17.3. The Labute approximate surface area is 92.3 Å². The van der Waals surface area contributed by atoms with Gasteiger partial charge in [-0.25, -0.2) is 0 Å². The largest absolute Gasteiger partial charge is 0.303 e. The summed E-state index contributed by atoms with van der Waals surface area (Å²) in [5, 5.41) is 3.37. The molecule has 2 nitrogen and oxygen atoms in total. The minimum atomic E-state index is 1.03. The van der Waals surface area contributed by atoms with Gasteiger partial charge in [-0.3, -0.25) is 4.90 Å². The van der Waals surface area contributed by atoms with Crippen molar-refractivity contribution >= 4 is 0 Å². The van der Waals surface area contributed by atoms with Crippen LogP contribution in [0.25, 0.3) is 0 Å². The van der Waals surface area contributed by atoms with Crippen molar-refractivity contribution in [1.29, 1.82) is 0 Å². The zero-order valence-corrected chi connectivity index (χ0v) is 9.93. The van der Waals surface area contributed by atoms with Crippen LogP contribution < -0.4 is 5.32 Å². The topological polar surface area (TPSA) is 15.3 Å². The zero-order valence-electron chi connectivity index (χ0n) is 9.93. The van der Waals surface area contributed by atoms with E-state index in [1.54, 1.807) is 0 Å². The maximum atomic E-state index is 3.37. The molecule has 1 N–H and O–H groups in total. The lowest BCUT2D eigenvalue weighted by molar-refractivity contribution is 0.326. The summed E-state index contributed by atoms with van der Waals surface area (Å²) in [5.41, 5.74) is 5.73. The fourth-order valence-corrected chi connectivity index (χ4v) is 2.37. The Kier molecular flexibility index (Phi) is 3.08. The van der Waals surface area contributed by atoms with E-state index in [1.807, 2.05) is 0 Å². The molecule has 1 aromatic carbocycles. The average Bonchev–Trinajstić information content (AvgIpc) is 2.63. The van der Waals surface area contributed by atoms with Crippen LogP contribution in [0.15, 0.2) is 12.1 Å². The first kappa shape index (κ1) is 10.7. The van der Waals surface area contributed by atoms with E-state index in [0.29, 0.717) is 0 Å². The quantitative estimate of drug-likeness (QED) is 0.792. The fraction of sp³-hybridized carbons (Fsp3) is 0.538. The Morgan fingerprint density at radius 3 is 2.40 bits per heavy atom. The Hall–Kier alpha value is -0.860. The van der Waals surface area contributed by atoms with Crippen molar-refractivity contribution in [2.45, 2.75) is 27.3 Å². The van der Waals surface area contributed by atoms with Crippen LogP contribution in [0.4, 0.5) is 0 Å². The highest BCUT2D eigenvalue weighted by Gasteiger charge is 2.13. The first-order valence-electron chi connectivity index (χ1n) is 5.66. The lowest BCUT2D eigenvalue weighted by Gasteiger charge is -2.18. The van der Waals surface area contributed by atoms with Crippen molar-refractivity contribution in [1.82, 2.24) is 10.2 Å². The highest BCUT2D eigenvalue weighted by atomic mass is 15.3. The molecular formula is C13H20N2. The summed E-state index contributed by atoms with van der Waals surface area (Å²) >= 11 is 0. The third-order valence-electron chi connectivity index (χ3n) is 3.16. The molecule has 1 aromatic rings. The molecule has 2 heteroatoms. The van der Waals surface area contributed by atoms with Crippen LogP contribution in [0, 0.1) is 20.8 Å². The molecule has 0 bridgehead atoms. The van der Waals surface area contributed by atoms with E-state index >= 15 is 0 Å². The lowest BCUT2D eigenvalue weighted by atomic mass is 9.99. The molecule has 0 aliphatic carbocycles. The summed E-state index contributed by atoms with van der Waals surface area (Å²) in [6, 6.07) is 4.57. The number of hydrogen-bond donors (Lipinski definition) is 1. The van der Waals surface area contributed by atoms with Crippen LogP contribution in [0.1, 0.15) is 22.3 Å². The van der Waals surface area contributed by atoms with E-state index in [9.17, 15) is 0 Å². The predicted octanol–water partition coefficient (Wildman–Crippen LogP) is 1.97. The number of nitrogens with one attached hydrogen (secondary N) is 1. The molecule has 0 spiro atoms. The summed E-state index contributed by atoms with van der Waals surface area (Å²) in [4.78, 5) is 2.46. The first-order valence-corrected chi connectivity index (χ1v) is 5.66. The van der Waals surface area contributed by atoms with E-state index in [-0.39, 0.29) is 0 Å². The Morgan fingerprint density at radius 2 is 1.87 bits per heavy atom. The second-order valence-electron chi connectivity index (χ2n) is 4.59. The van der Waals surface area contributed by atoms with E-state index in [2.05, 4.69) is 43.1 Å².